The lowest BCUT2D eigenvalue weighted by molar-refractivity contribution is 0.116. The van der Waals surface area contributed by atoms with E-state index >= 15 is 0 Å². The summed E-state index contributed by atoms with van der Waals surface area (Å²) in [5, 5.41) is 9.35. The van der Waals surface area contributed by atoms with E-state index in [0.717, 1.165) is 41.1 Å². The second-order valence-corrected chi connectivity index (χ2v) is 8.14. The minimum atomic E-state index is 0.323. The van der Waals surface area contributed by atoms with Crippen LogP contribution in [0.25, 0.3) is 21.3 Å². The molecule has 0 N–H and O–H groups in total. The average molecular weight is 380 g/mol. The number of nitrogens with zero attached hydrogens (tertiary/aromatic N) is 4. The fraction of sp³-hybridized carbons (Fsp3) is 0.211. The van der Waals surface area contributed by atoms with Gasteiger partial charge in [0.05, 0.1) is 16.5 Å². The Morgan fingerprint density at radius 3 is 2.73 bits per heavy atom. The van der Waals surface area contributed by atoms with Crippen LogP contribution in [0.15, 0.2) is 57.7 Å². The molecule has 0 spiro atoms. The second-order valence-electron chi connectivity index (χ2n) is 6.33. The van der Waals surface area contributed by atoms with Crippen LogP contribution in [0.4, 0.5) is 0 Å². The molecule has 1 aliphatic rings. The van der Waals surface area contributed by atoms with Crippen LogP contribution in [-0.4, -0.2) is 33.1 Å². The van der Waals surface area contributed by atoms with Crippen molar-refractivity contribution in [3.05, 3.63) is 64.8 Å². The van der Waals surface area contributed by atoms with Crippen molar-refractivity contribution in [2.24, 2.45) is 0 Å². The molecule has 5 rings (SSSR count). The number of hydrogen-bond donors (Lipinski definition) is 0. The Labute approximate surface area is 159 Å². The highest BCUT2D eigenvalue weighted by atomic mass is 32.1. The first kappa shape index (κ1) is 15.9. The van der Waals surface area contributed by atoms with Crippen LogP contribution in [-0.2, 0) is 6.54 Å². The third-order valence-electron chi connectivity index (χ3n) is 4.45. The normalized spacial score (nSPS) is 15.2. The Hall–Kier alpha value is -2.35. The van der Waals surface area contributed by atoms with Gasteiger partial charge in [-0.2, -0.15) is 4.98 Å². The molecule has 0 radical (unpaired) electrons. The minimum absolute atomic E-state index is 0.323. The van der Waals surface area contributed by atoms with Crippen molar-refractivity contribution < 1.29 is 4.52 Å². The van der Waals surface area contributed by atoms with Gasteiger partial charge in [0.25, 0.3) is 0 Å². The van der Waals surface area contributed by atoms with Crippen LogP contribution in [0, 0.1) is 0 Å². The molecule has 0 amide bonds. The Morgan fingerprint density at radius 1 is 1.04 bits per heavy atom. The number of benzene rings is 1. The van der Waals surface area contributed by atoms with Crippen LogP contribution in [0.3, 0.4) is 0 Å². The maximum absolute atomic E-state index is 5.46. The number of aromatic nitrogens is 3. The summed E-state index contributed by atoms with van der Waals surface area (Å²) in [6, 6.07) is 14.3. The monoisotopic (exact) mass is 380 g/mol. The van der Waals surface area contributed by atoms with E-state index in [9.17, 15) is 0 Å². The maximum atomic E-state index is 5.46. The summed E-state index contributed by atoms with van der Waals surface area (Å²) in [5.41, 5.74) is 2.30. The molecule has 5 nitrogen and oxygen atoms in total. The van der Waals surface area contributed by atoms with Crippen molar-refractivity contribution in [2.75, 3.05) is 13.1 Å². The van der Waals surface area contributed by atoms with Gasteiger partial charge < -0.3 is 4.52 Å². The third-order valence-corrected chi connectivity index (χ3v) is 6.25. The molecule has 4 aromatic rings. The van der Waals surface area contributed by atoms with E-state index in [0.29, 0.717) is 11.7 Å². The van der Waals surface area contributed by atoms with E-state index in [4.69, 9.17) is 9.51 Å². The SMILES string of the molecule is c1ccc(-c2nc(CN3CC(c4nc(-c5cccs5)no4)C3)cs2)cc1. The third kappa shape index (κ3) is 3.09. The van der Waals surface area contributed by atoms with Gasteiger partial charge in [0.15, 0.2) is 0 Å². The van der Waals surface area contributed by atoms with Gasteiger partial charge in [-0.25, -0.2) is 4.98 Å². The summed E-state index contributed by atoms with van der Waals surface area (Å²) in [5.74, 6) is 1.76. The first-order chi connectivity index (χ1) is 12.8. The summed E-state index contributed by atoms with van der Waals surface area (Å²) in [6.45, 7) is 2.74. The van der Waals surface area contributed by atoms with Crippen LogP contribution in [0.1, 0.15) is 17.5 Å². The first-order valence-corrected chi connectivity index (χ1v) is 10.2. The molecule has 1 aliphatic heterocycles. The number of hydrogen-bond acceptors (Lipinski definition) is 7. The van der Waals surface area contributed by atoms with Gasteiger partial charge >= 0.3 is 0 Å². The predicted molar refractivity (Wildman–Crippen MR) is 103 cm³/mol. The van der Waals surface area contributed by atoms with E-state index in [1.807, 2.05) is 35.7 Å². The lowest BCUT2D eigenvalue weighted by Gasteiger charge is -2.36. The van der Waals surface area contributed by atoms with E-state index < -0.39 is 0 Å². The summed E-state index contributed by atoms with van der Waals surface area (Å²) >= 11 is 3.33. The molecule has 1 aromatic carbocycles. The average Bonchev–Trinajstić information content (AvgIpc) is 3.39. The Bertz CT molecular complexity index is 988. The number of rotatable bonds is 5. The van der Waals surface area contributed by atoms with Gasteiger partial charge in [-0.15, -0.1) is 22.7 Å². The van der Waals surface area contributed by atoms with Gasteiger partial charge in [-0.1, -0.05) is 41.6 Å². The molecule has 0 atom stereocenters. The zero-order chi connectivity index (χ0) is 17.3. The van der Waals surface area contributed by atoms with Gasteiger partial charge in [0.2, 0.25) is 11.7 Å². The minimum Gasteiger partial charge on any atom is -0.339 e. The largest absolute Gasteiger partial charge is 0.339 e. The number of thiazole rings is 1. The van der Waals surface area contributed by atoms with Gasteiger partial charge in [0, 0.05) is 30.6 Å². The second kappa shape index (κ2) is 6.75. The number of thiophene rings is 1. The fourth-order valence-corrected chi connectivity index (χ4v) is 4.55. The topological polar surface area (TPSA) is 55.1 Å². The lowest BCUT2D eigenvalue weighted by atomic mass is 10.00. The Morgan fingerprint density at radius 2 is 1.92 bits per heavy atom. The van der Waals surface area contributed by atoms with Crippen LogP contribution in [0.5, 0.6) is 0 Å². The summed E-state index contributed by atoms with van der Waals surface area (Å²) in [4.78, 5) is 12.7. The summed E-state index contributed by atoms with van der Waals surface area (Å²) < 4.78 is 5.46. The molecule has 26 heavy (non-hydrogen) atoms. The maximum Gasteiger partial charge on any atom is 0.232 e. The fourth-order valence-electron chi connectivity index (χ4n) is 3.08. The van der Waals surface area contributed by atoms with E-state index in [1.54, 1.807) is 22.7 Å². The highest BCUT2D eigenvalue weighted by Crippen LogP contribution is 2.31. The lowest BCUT2D eigenvalue weighted by Crippen LogP contribution is -2.44. The molecule has 130 valence electrons. The molecule has 0 saturated carbocycles. The van der Waals surface area contributed by atoms with Gasteiger partial charge in [-0.05, 0) is 11.4 Å². The van der Waals surface area contributed by atoms with Gasteiger partial charge in [0.1, 0.15) is 5.01 Å². The molecule has 0 aliphatic carbocycles. The molecule has 1 fully saturated rings. The quantitative estimate of drug-likeness (QED) is 0.509. The van der Waals surface area contributed by atoms with Crippen molar-refractivity contribution in [3.8, 4) is 21.3 Å². The van der Waals surface area contributed by atoms with Crippen molar-refractivity contribution >= 4 is 22.7 Å². The van der Waals surface area contributed by atoms with Crippen molar-refractivity contribution in [1.82, 2.24) is 20.0 Å². The van der Waals surface area contributed by atoms with Crippen LogP contribution < -0.4 is 0 Å². The molecule has 1 saturated heterocycles. The Kier molecular flexibility index (Phi) is 4.12. The Balaban J connectivity index is 1.20. The van der Waals surface area contributed by atoms with Crippen molar-refractivity contribution in [2.45, 2.75) is 12.5 Å². The molecule has 0 unspecified atom stereocenters. The zero-order valence-electron chi connectivity index (χ0n) is 13.9. The van der Waals surface area contributed by atoms with Crippen molar-refractivity contribution in [1.29, 1.82) is 0 Å². The molecular formula is C19H16N4OS2. The highest BCUT2D eigenvalue weighted by Gasteiger charge is 2.33. The standard InChI is InChI=1S/C19H16N4OS2/c1-2-5-13(6-3-1)19-20-15(12-26-19)11-23-9-14(10-23)18-21-17(22-24-18)16-7-4-8-25-16/h1-8,12,14H,9-11H2. The predicted octanol–water partition coefficient (Wildman–Crippen LogP) is 4.52. The molecule has 4 heterocycles. The summed E-state index contributed by atoms with van der Waals surface area (Å²) in [6.07, 6.45) is 0. The highest BCUT2D eigenvalue weighted by molar-refractivity contribution is 7.13. The van der Waals surface area contributed by atoms with Crippen LogP contribution >= 0.6 is 22.7 Å². The zero-order valence-corrected chi connectivity index (χ0v) is 15.5. The molecule has 0 bridgehead atoms. The first-order valence-electron chi connectivity index (χ1n) is 8.45. The molecule has 3 aromatic heterocycles. The number of likely N-dealkylation sites (tertiary alicyclic amines) is 1. The molecule has 7 heteroatoms. The van der Waals surface area contributed by atoms with E-state index in [2.05, 4.69) is 32.6 Å². The molecular weight excluding hydrogens is 364 g/mol. The van der Waals surface area contributed by atoms with Crippen LogP contribution in [0.2, 0.25) is 0 Å². The van der Waals surface area contributed by atoms with Gasteiger partial charge in [-0.3, -0.25) is 4.90 Å². The van der Waals surface area contributed by atoms with Crippen molar-refractivity contribution in [3.63, 3.8) is 0 Å². The van der Waals surface area contributed by atoms with E-state index in [-0.39, 0.29) is 0 Å². The smallest absolute Gasteiger partial charge is 0.232 e. The van der Waals surface area contributed by atoms with E-state index in [1.165, 1.54) is 5.56 Å². The summed E-state index contributed by atoms with van der Waals surface area (Å²) in [7, 11) is 0.